The fourth-order valence-corrected chi connectivity index (χ4v) is 2.50. The molecule has 1 heterocycles. The van der Waals surface area contributed by atoms with Crippen LogP contribution in [-0.2, 0) is 13.1 Å². The number of aliphatic imine (C=N–C) groups is 1. The van der Waals surface area contributed by atoms with Crippen LogP contribution >= 0.6 is 23.2 Å². The Morgan fingerprint density at radius 2 is 2.17 bits per heavy atom. The molecule has 7 heteroatoms. The van der Waals surface area contributed by atoms with E-state index in [0.29, 0.717) is 16.6 Å². The van der Waals surface area contributed by atoms with Crippen LogP contribution in [0.4, 0.5) is 0 Å². The van der Waals surface area contributed by atoms with Crippen molar-refractivity contribution in [1.29, 1.82) is 0 Å². The molecule has 0 atom stereocenters. The highest BCUT2D eigenvalue weighted by molar-refractivity contribution is 6.35. The van der Waals surface area contributed by atoms with E-state index >= 15 is 0 Å². The first-order valence-electron chi connectivity index (χ1n) is 7.62. The van der Waals surface area contributed by atoms with Crippen LogP contribution in [0.3, 0.4) is 0 Å². The number of nitrogens with one attached hydrogen (secondary N) is 2. The third kappa shape index (κ3) is 6.12. The van der Waals surface area contributed by atoms with Crippen molar-refractivity contribution in [3.05, 3.63) is 52.3 Å². The number of aryl methyl sites for hydroxylation is 1. The summed E-state index contributed by atoms with van der Waals surface area (Å²) in [7, 11) is 0. The van der Waals surface area contributed by atoms with Crippen molar-refractivity contribution in [3.63, 3.8) is 0 Å². The molecule has 0 amide bonds. The van der Waals surface area contributed by atoms with Gasteiger partial charge in [0.25, 0.3) is 0 Å². The minimum Gasteiger partial charge on any atom is -0.357 e. The maximum Gasteiger partial charge on any atom is 0.191 e. The normalized spacial score (nSPS) is 11.5. The van der Waals surface area contributed by atoms with Gasteiger partial charge in [0.2, 0.25) is 0 Å². The molecule has 0 fully saturated rings. The van der Waals surface area contributed by atoms with Gasteiger partial charge in [-0.2, -0.15) is 5.10 Å². The van der Waals surface area contributed by atoms with Gasteiger partial charge in [-0.15, -0.1) is 0 Å². The minimum atomic E-state index is 0.504. The fourth-order valence-electron chi connectivity index (χ4n) is 2.04. The van der Waals surface area contributed by atoms with Crippen molar-refractivity contribution in [2.24, 2.45) is 4.99 Å². The van der Waals surface area contributed by atoms with Gasteiger partial charge in [0, 0.05) is 42.1 Å². The van der Waals surface area contributed by atoms with Gasteiger partial charge in [-0.05, 0) is 37.1 Å². The third-order valence-electron chi connectivity index (χ3n) is 3.18. The monoisotopic (exact) mass is 353 g/mol. The van der Waals surface area contributed by atoms with E-state index in [1.165, 1.54) is 0 Å². The average molecular weight is 354 g/mol. The standard InChI is InChI=1S/C16H21Cl2N5/c1-2-19-16(20-7-3-9-23-10-4-8-22-23)21-12-13-5-6-14(17)11-15(13)18/h4-6,8,10-11H,2-3,7,9,12H2,1H3,(H2,19,20,21). The molecule has 0 saturated heterocycles. The Kier molecular flexibility index (Phi) is 7.23. The molecular formula is C16H21Cl2N5. The first-order valence-corrected chi connectivity index (χ1v) is 8.38. The lowest BCUT2D eigenvalue weighted by Gasteiger charge is -2.11. The molecule has 2 aromatic rings. The predicted octanol–water partition coefficient (Wildman–Crippen LogP) is 3.34. The summed E-state index contributed by atoms with van der Waals surface area (Å²) in [6, 6.07) is 7.38. The molecule has 5 nitrogen and oxygen atoms in total. The van der Waals surface area contributed by atoms with Crippen LogP contribution in [0.25, 0.3) is 0 Å². The summed E-state index contributed by atoms with van der Waals surface area (Å²) in [5.74, 6) is 0.777. The third-order valence-corrected chi connectivity index (χ3v) is 3.77. The highest BCUT2D eigenvalue weighted by Crippen LogP contribution is 2.21. The Morgan fingerprint density at radius 1 is 1.30 bits per heavy atom. The number of hydrogen-bond donors (Lipinski definition) is 2. The lowest BCUT2D eigenvalue weighted by molar-refractivity contribution is 0.570. The van der Waals surface area contributed by atoms with Crippen molar-refractivity contribution < 1.29 is 0 Å². The molecule has 0 aliphatic rings. The highest BCUT2D eigenvalue weighted by atomic mass is 35.5. The molecule has 2 rings (SSSR count). The van der Waals surface area contributed by atoms with Crippen LogP contribution in [0.1, 0.15) is 18.9 Å². The predicted molar refractivity (Wildman–Crippen MR) is 96.1 cm³/mol. The molecular weight excluding hydrogens is 333 g/mol. The smallest absolute Gasteiger partial charge is 0.191 e. The molecule has 124 valence electrons. The van der Waals surface area contributed by atoms with Crippen LogP contribution in [-0.4, -0.2) is 28.8 Å². The largest absolute Gasteiger partial charge is 0.357 e. The van der Waals surface area contributed by atoms with Gasteiger partial charge in [-0.1, -0.05) is 29.3 Å². The summed E-state index contributed by atoms with van der Waals surface area (Å²) in [5, 5.41) is 12.0. The molecule has 0 unspecified atom stereocenters. The first kappa shape index (κ1) is 17.6. The van der Waals surface area contributed by atoms with Gasteiger partial charge in [0.1, 0.15) is 0 Å². The molecule has 1 aromatic heterocycles. The fraction of sp³-hybridized carbons (Fsp3) is 0.375. The Morgan fingerprint density at radius 3 is 2.87 bits per heavy atom. The van der Waals surface area contributed by atoms with Gasteiger partial charge in [0.15, 0.2) is 5.96 Å². The second-order valence-electron chi connectivity index (χ2n) is 4.98. The quantitative estimate of drug-likeness (QED) is 0.456. The Balaban J connectivity index is 1.84. The summed E-state index contributed by atoms with van der Waals surface area (Å²) >= 11 is 12.1. The zero-order valence-corrected chi connectivity index (χ0v) is 14.6. The Bertz CT molecular complexity index is 625. The van der Waals surface area contributed by atoms with Crippen LogP contribution in [0.15, 0.2) is 41.7 Å². The van der Waals surface area contributed by atoms with Crippen molar-refractivity contribution in [1.82, 2.24) is 20.4 Å². The van der Waals surface area contributed by atoms with Crippen molar-refractivity contribution in [2.75, 3.05) is 13.1 Å². The van der Waals surface area contributed by atoms with Gasteiger partial charge in [-0.25, -0.2) is 4.99 Å². The van der Waals surface area contributed by atoms with Crippen LogP contribution < -0.4 is 10.6 Å². The second-order valence-corrected chi connectivity index (χ2v) is 5.82. The summed E-state index contributed by atoms with van der Waals surface area (Å²) in [6.45, 7) is 5.04. The van der Waals surface area contributed by atoms with Gasteiger partial charge in [-0.3, -0.25) is 4.68 Å². The molecule has 0 bridgehead atoms. The summed E-state index contributed by atoms with van der Waals surface area (Å²) in [4.78, 5) is 4.55. The molecule has 1 aromatic carbocycles. The number of aromatic nitrogens is 2. The van der Waals surface area contributed by atoms with Crippen LogP contribution in [0.5, 0.6) is 0 Å². The van der Waals surface area contributed by atoms with Crippen LogP contribution in [0, 0.1) is 0 Å². The molecule has 0 radical (unpaired) electrons. The van der Waals surface area contributed by atoms with Crippen molar-refractivity contribution in [3.8, 4) is 0 Å². The Hall–Kier alpha value is -1.72. The average Bonchev–Trinajstić information content (AvgIpc) is 3.03. The number of hydrogen-bond acceptors (Lipinski definition) is 2. The second kappa shape index (κ2) is 9.43. The summed E-state index contributed by atoms with van der Waals surface area (Å²) in [5.41, 5.74) is 0.949. The number of benzene rings is 1. The first-order chi connectivity index (χ1) is 11.2. The van der Waals surface area contributed by atoms with Crippen LogP contribution in [0.2, 0.25) is 10.0 Å². The van der Waals surface area contributed by atoms with Gasteiger partial charge in [0.05, 0.1) is 6.54 Å². The molecule has 0 aliphatic carbocycles. The number of guanidine groups is 1. The van der Waals surface area contributed by atoms with E-state index in [9.17, 15) is 0 Å². The topological polar surface area (TPSA) is 54.2 Å². The highest BCUT2D eigenvalue weighted by Gasteiger charge is 2.02. The molecule has 0 saturated carbocycles. The summed E-state index contributed by atoms with van der Waals surface area (Å²) in [6.07, 6.45) is 4.71. The zero-order valence-electron chi connectivity index (χ0n) is 13.1. The zero-order chi connectivity index (χ0) is 16.5. The van der Waals surface area contributed by atoms with Crippen molar-refractivity contribution in [2.45, 2.75) is 26.4 Å². The lowest BCUT2D eigenvalue weighted by Crippen LogP contribution is -2.38. The number of nitrogens with zero attached hydrogens (tertiary/aromatic N) is 3. The van der Waals surface area contributed by atoms with E-state index in [1.807, 2.05) is 36.0 Å². The van der Waals surface area contributed by atoms with E-state index in [1.54, 1.807) is 12.3 Å². The Labute approximate surface area is 146 Å². The minimum absolute atomic E-state index is 0.504. The molecule has 2 N–H and O–H groups in total. The molecule has 0 spiro atoms. The molecule has 0 aliphatic heterocycles. The maximum atomic E-state index is 6.17. The van der Waals surface area contributed by atoms with E-state index in [-0.39, 0.29) is 0 Å². The van der Waals surface area contributed by atoms with E-state index in [0.717, 1.165) is 37.6 Å². The van der Waals surface area contributed by atoms with Gasteiger partial charge >= 0.3 is 0 Å². The number of rotatable bonds is 7. The van der Waals surface area contributed by atoms with E-state index in [4.69, 9.17) is 23.2 Å². The summed E-state index contributed by atoms with van der Waals surface area (Å²) < 4.78 is 1.92. The number of halogens is 2. The van der Waals surface area contributed by atoms with Crippen molar-refractivity contribution >= 4 is 29.2 Å². The van der Waals surface area contributed by atoms with E-state index in [2.05, 4.69) is 20.7 Å². The van der Waals surface area contributed by atoms with Gasteiger partial charge < -0.3 is 10.6 Å². The molecule has 23 heavy (non-hydrogen) atoms. The van der Waals surface area contributed by atoms with E-state index < -0.39 is 0 Å². The lowest BCUT2D eigenvalue weighted by atomic mass is 10.2. The maximum absolute atomic E-state index is 6.17. The SMILES string of the molecule is CCNC(=NCc1ccc(Cl)cc1Cl)NCCCn1cccn1.